The minimum Gasteiger partial charge on any atom is -0.454 e. The molecule has 0 fully saturated rings. The van der Waals surface area contributed by atoms with E-state index in [1.54, 1.807) is 6.07 Å². The van der Waals surface area contributed by atoms with Gasteiger partial charge in [-0.1, -0.05) is 17.7 Å². The summed E-state index contributed by atoms with van der Waals surface area (Å²) in [6, 6.07) is 5.49. The molecule has 104 valence electrons. The number of ether oxygens (including phenoxy) is 1. The number of nitrogens with zero attached hydrogens (tertiary/aromatic N) is 3. The summed E-state index contributed by atoms with van der Waals surface area (Å²) in [6.45, 7) is 3.70. The van der Waals surface area contributed by atoms with Gasteiger partial charge < -0.3 is 16.2 Å². The zero-order valence-electron chi connectivity index (χ0n) is 11.3. The number of hydrogen-bond donors (Lipinski definition) is 2. The number of aromatic nitrogens is 3. The van der Waals surface area contributed by atoms with Crippen molar-refractivity contribution >= 4 is 17.9 Å². The molecule has 2 rings (SSSR count). The van der Waals surface area contributed by atoms with E-state index in [4.69, 9.17) is 16.2 Å². The molecule has 4 N–H and O–H groups in total. The molecule has 0 spiro atoms. The molecule has 0 saturated carbocycles. The Labute approximate surface area is 116 Å². The van der Waals surface area contributed by atoms with Crippen molar-refractivity contribution in [2.45, 2.75) is 20.5 Å². The van der Waals surface area contributed by atoms with Crippen molar-refractivity contribution in [2.24, 2.45) is 0 Å². The molecule has 7 nitrogen and oxygen atoms in total. The molecule has 1 aromatic heterocycles. The number of hydrogen-bond acceptors (Lipinski definition) is 7. The normalized spacial score (nSPS) is 10.3. The second kappa shape index (κ2) is 5.52. The van der Waals surface area contributed by atoms with Crippen molar-refractivity contribution in [3.05, 3.63) is 40.7 Å². The van der Waals surface area contributed by atoms with E-state index in [1.807, 2.05) is 26.0 Å². The van der Waals surface area contributed by atoms with Gasteiger partial charge in [0.25, 0.3) is 0 Å². The maximum Gasteiger partial charge on any atom is 0.338 e. The Kier molecular flexibility index (Phi) is 3.79. The van der Waals surface area contributed by atoms with Crippen LogP contribution in [-0.2, 0) is 11.3 Å². The first-order valence-corrected chi connectivity index (χ1v) is 5.96. The molecule has 0 saturated heterocycles. The van der Waals surface area contributed by atoms with Gasteiger partial charge in [0.1, 0.15) is 0 Å². The Bertz CT molecular complexity index is 637. The first-order valence-electron chi connectivity index (χ1n) is 5.96. The SMILES string of the molecule is Cc1ccc(C(=O)OCc2nc(N)nc(N)n2)c(C)c1. The number of anilines is 2. The summed E-state index contributed by atoms with van der Waals surface area (Å²) >= 11 is 0. The molecular formula is C13H15N5O2. The highest BCUT2D eigenvalue weighted by molar-refractivity contribution is 5.91. The van der Waals surface area contributed by atoms with Gasteiger partial charge in [0.2, 0.25) is 11.9 Å². The molecule has 0 atom stereocenters. The summed E-state index contributed by atoms with van der Waals surface area (Å²) in [5.41, 5.74) is 13.3. The summed E-state index contributed by atoms with van der Waals surface area (Å²) in [7, 11) is 0. The quantitative estimate of drug-likeness (QED) is 0.801. The standard InChI is InChI=1S/C13H15N5O2/c1-7-3-4-9(8(2)5-7)11(19)20-6-10-16-12(14)18-13(15)17-10/h3-5H,6H2,1-2H3,(H4,14,15,16,17,18). The van der Waals surface area contributed by atoms with Crippen molar-refractivity contribution in [1.82, 2.24) is 15.0 Å². The second-order valence-electron chi connectivity index (χ2n) is 4.36. The minimum absolute atomic E-state index is 0.00457. The Morgan fingerprint density at radius 3 is 2.40 bits per heavy atom. The minimum atomic E-state index is -0.444. The average molecular weight is 273 g/mol. The summed E-state index contributed by atoms with van der Waals surface area (Å²) in [5, 5.41) is 0. The maximum absolute atomic E-state index is 12.0. The first kappa shape index (κ1) is 13.7. The summed E-state index contributed by atoms with van der Waals surface area (Å²) < 4.78 is 5.14. The van der Waals surface area contributed by atoms with Crippen molar-refractivity contribution in [2.75, 3.05) is 11.5 Å². The lowest BCUT2D eigenvalue weighted by molar-refractivity contribution is 0.0461. The number of carbonyl (C=O) groups excluding carboxylic acids is 1. The third-order valence-corrected chi connectivity index (χ3v) is 2.65. The van der Waals surface area contributed by atoms with Crippen LogP contribution in [0.3, 0.4) is 0 Å². The number of aryl methyl sites for hydroxylation is 2. The number of nitrogen functional groups attached to an aromatic ring is 2. The molecule has 0 aliphatic carbocycles. The first-order chi connectivity index (χ1) is 9.45. The fourth-order valence-electron chi connectivity index (χ4n) is 1.77. The molecule has 20 heavy (non-hydrogen) atoms. The lowest BCUT2D eigenvalue weighted by Crippen LogP contribution is -2.12. The molecular weight excluding hydrogens is 258 g/mol. The van der Waals surface area contributed by atoms with Crippen molar-refractivity contribution < 1.29 is 9.53 Å². The number of carbonyl (C=O) groups is 1. The van der Waals surface area contributed by atoms with Crippen LogP contribution >= 0.6 is 0 Å². The Morgan fingerprint density at radius 1 is 1.15 bits per heavy atom. The van der Waals surface area contributed by atoms with Crippen LogP contribution in [0.2, 0.25) is 0 Å². The molecule has 0 unspecified atom stereocenters. The van der Waals surface area contributed by atoms with Crippen LogP contribution in [0, 0.1) is 13.8 Å². The van der Waals surface area contributed by atoms with Gasteiger partial charge in [-0.2, -0.15) is 15.0 Å². The zero-order chi connectivity index (χ0) is 14.7. The molecule has 0 aliphatic heterocycles. The van der Waals surface area contributed by atoms with Gasteiger partial charge in [0.15, 0.2) is 12.4 Å². The molecule has 0 radical (unpaired) electrons. The van der Waals surface area contributed by atoms with Gasteiger partial charge in [0, 0.05) is 0 Å². The number of benzene rings is 1. The van der Waals surface area contributed by atoms with Crippen LogP contribution in [0.25, 0.3) is 0 Å². The van der Waals surface area contributed by atoms with E-state index in [1.165, 1.54) is 0 Å². The summed E-state index contributed by atoms with van der Waals surface area (Å²) in [4.78, 5) is 23.3. The van der Waals surface area contributed by atoms with Crippen LogP contribution < -0.4 is 11.5 Å². The van der Waals surface area contributed by atoms with Crippen LogP contribution in [0.1, 0.15) is 27.3 Å². The van der Waals surface area contributed by atoms with E-state index in [0.717, 1.165) is 11.1 Å². The second-order valence-corrected chi connectivity index (χ2v) is 4.36. The van der Waals surface area contributed by atoms with E-state index < -0.39 is 5.97 Å². The van der Waals surface area contributed by atoms with Gasteiger partial charge in [-0.05, 0) is 25.5 Å². The highest BCUT2D eigenvalue weighted by atomic mass is 16.5. The molecule has 0 bridgehead atoms. The van der Waals surface area contributed by atoms with Gasteiger partial charge in [-0.15, -0.1) is 0 Å². The number of rotatable bonds is 3. The fraction of sp³-hybridized carbons (Fsp3) is 0.231. The Morgan fingerprint density at radius 2 is 1.80 bits per heavy atom. The highest BCUT2D eigenvalue weighted by Gasteiger charge is 2.12. The van der Waals surface area contributed by atoms with E-state index in [-0.39, 0.29) is 24.3 Å². The number of esters is 1. The highest BCUT2D eigenvalue weighted by Crippen LogP contribution is 2.12. The van der Waals surface area contributed by atoms with E-state index >= 15 is 0 Å². The van der Waals surface area contributed by atoms with Crippen LogP contribution in [0.5, 0.6) is 0 Å². The molecule has 0 amide bonds. The van der Waals surface area contributed by atoms with Crippen molar-refractivity contribution in [3.63, 3.8) is 0 Å². The lowest BCUT2D eigenvalue weighted by Gasteiger charge is -2.07. The molecule has 1 heterocycles. The maximum atomic E-state index is 12.0. The Hall–Kier alpha value is -2.70. The largest absolute Gasteiger partial charge is 0.454 e. The zero-order valence-corrected chi connectivity index (χ0v) is 11.3. The van der Waals surface area contributed by atoms with E-state index in [2.05, 4.69) is 15.0 Å². The monoisotopic (exact) mass is 273 g/mol. The molecule has 0 aliphatic rings. The van der Waals surface area contributed by atoms with Crippen molar-refractivity contribution in [1.29, 1.82) is 0 Å². The van der Waals surface area contributed by atoms with Gasteiger partial charge >= 0.3 is 5.97 Å². The average Bonchev–Trinajstić information content (AvgIpc) is 2.35. The number of nitrogens with two attached hydrogens (primary N) is 2. The lowest BCUT2D eigenvalue weighted by atomic mass is 10.1. The molecule has 1 aromatic carbocycles. The predicted octanol–water partition coefficient (Wildman–Crippen LogP) is 1.01. The van der Waals surface area contributed by atoms with E-state index in [0.29, 0.717) is 5.56 Å². The summed E-state index contributed by atoms with van der Waals surface area (Å²) in [6.07, 6.45) is 0. The van der Waals surface area contributed by atoms with E-state index in [9.17, 15) is 4.79 Å². The van der Waals surface area contributed by atoms with Crippen LogP contribution in [0.15, 0.2) is 18.2 Å². The van der Waals surface area contributed by atoms with Crippen LogP contribution in [-0.4, -0.2) is 20.9 Å². The third-order valence-electron chi connectivity index (χ3n) is 2.65. The van der Waals surface area contributed by atoms with Crippen molar-refractivity contribution in [3.8, 4) is 0 Å². The van der Waals surface area contributed by atoms with Gasteiger partial charge in [-0.3, -0.25) is 0 Å². The smallest absolute Gasteiger partial charge is 0.338 e. The van der Waals surface area contributed by atoms with Crippen LogP contribution in [0.4, 0.5) is 11.9 Å². The topological polar surface area (TPSA) is 117 Å². The third kappa shape index (κ3) is 3.19. The van der Waals surface area contributed by atoms with Gasteiger partial charge in [-0.25, -0.2) is 4.79 Å². The molecule has 2 aromatic rings. The Balaban J connectivity index is 2.08. The molecule has 7 heteroatoms. The summed E-state index contributed by atoms with van der Waals surface area (Å²) in [5.74, 6) is -0.238. The predicted molar refractivity (Wildman–Crippen MR) is 73.7 cm³/mol. The fourth-order valence-corrected chi connectivity index (χ4v) is 1.77. The van der Waals surface area contributed by atoms with Gasteiger partial charge in [0.05, 0.1) is 5.56 Å².